The van der Waals surface area contributed by atoms with Crippen molar-refractivity contribution in [1.29, 1.82) is 0 Å². The summed E-state index contributed by atoms with van der Waals surface area (Å²) >= 11 is 0. The Morgan fingerprint density at radius 1 is 0.962 bits per heavy atom. The van der Waals surface area contributed by atoms with Crippen LogP contribution in [0.2, 0.25) is 0 Å². The fourth-order valence-corrected chi connectivity index (χ4v) is 3.30. The van der Waals surface area contributed by atoms with Crippen molar-refractivity contribution in [3.63, 3.8) is 0 Å². The molecule has 0 saturated carbocycles. The van der Waals surface area contributed by atoms with Gasteiger partial charge in [0.05, 0.1) is 6.04 Å². The van der Waals surface area contributed by atoms with Crippen molar-refractivity contribution < 1.29 is 4.79 Å². The summed E-state index contributed by atoms with van der Waals surface area (Å²) in [6, 6.07) is 21.5. The number of fused-ring (bicyclic) bond motifs is 1. The van der Waals surface area contributed by atoms with Gasteiger partial charge in [0.25, 0.3) is 0 Å². The summed E-state index contributed by atoms with van der Waals surface area (Å²) in [6.45, 7) is 1.53. The normalized spacial score (nSPS) is 12.3. The minimum atomic E-state index is -0.369. The Labute approximate surface area is 152 Å². The monoisotopic (exact) mass is 343 g/mol. The third kappa shape index (κ3) is 3.32. The van der Waals surface area contributed by atoms with Crippen LogP contribution in [0.15, 0.2) is 85.3 Å². The first-order valence-electron chi connectivity index (χ1n) is 8.82. The van der Waals surface area contributed by atoms with Gasteiger partial charge in [0, 0.05) is 48.1 Å². The van der Waals surface area contributed by atoms with Gasteiger partial charge < -0.3 is 14.9 Å². The Balaban J connectivity index is 1.60. The number of ketones is 1. The van der Waals surface area contributed by atoms with Gasteiger partial charge in [0.1, 0.15) is 0 Å². The number of nitrogens with zero attached hydrogens (tertiary/aromatic N) is 1. The summed E-state index contributed by atoms with van der Waals surface area (Å²) in [6.07, 6.45) is 5.87. The van der Waals surface area contributed by atoms with Crippen LogP contribution in [0.25, 0.3) is 10.9 Å². The highest BCUT2D eigenvalue weighted by Crippen LogP contribution is 2.24. The lowest BCUT2D eigenvalue weighted by atomic mass is 9.97. The molecule has 0 aliphatic rings. The average molecular weight is 343 g/mol. The smallest absolute Gasteiger partial charge is 0.186 e. The number of aromatic nitrogens is 2. The summed E-state index contributed by atoms with van der Waals surface area (Å²) < 4.78 is 2.10. The maximum absolute atomic E-state index is 13.3. The van der Waals surface area contributed by atoms with Gasteiger partial charge in [-0.05, 0) is 23.8 Å². The molecule has 0 saturated heterocycles. The highest BCUT2D eigenvalue weighted by molar-refractivity contribution is 6.10. The molecule has 1 atom stereocenters. The lowest BCUT2D eigenvalue weighted by molar-refractivity contribution is 0.0944. The van der Waals surface area contributed by atoms with Crippen LogP contribution < -0.4 is 5.32 Å². The van der Waals surface area contributed by atoms with E-state index in [-0.39, 0.29) is 11.8 Å². The number of benzene rings is 2. The number of rotatable bonds is 7. The molecule has 2 aromatic heterocycles. The topological polar surface area (TPSA) is 49.8 Å². The van der Waals surface area contributed by atoms with Gasteiger partial charge in [-0.3, -0.25) is 4.79 Å². The van der Waals surface area contributed by atoms with Crippen LogP contribution in [0.5, 0.6) is 0 Å². The van der Waals surface area contributed by atoms with Gasteiger partial charge in [0.2, 0.25) is 0 Å². The Hall–Kier alpha value is -3.11. The molecule has 4 heteroatoms. The zero-order chi connectivity index (χ0) is 17.8. The zero-order valence-electron chi connectivity index (χ0n) is 14.4. The van der Waals surface area contributed by atoms with Crippen LogP contribution in [0.4, 0.5) is 0 Å². The number of carbonyl (C=O) groups is 1. The molecule has 0 aliphatic carbocycles. The molecule has 0 fully saturated rings. The molecule has 4 rings (SSSR count). The second-order valence-corrected chi connectivity index (χ2v) is 6.33. The highest BCUT2D eigenvalue weighted by atomic mass is 16.1. The molecular formula is C22H21N3O. The van der Waals surface area contributed by atoms with Crippen molar-refractivity contribution in [3.8, 4) is 0 Å². The van der Waals surface area contributed by atoms with Crippen LogP contribution in [-0.4, -0.2) is 21.9 Å². The number of carbonyl (C=O) groups excluding carboxylic acids is 1. The number of H-pyrrole nitrogens is 1. The van der Waals surface area contributed by atoms with E-state index in [2.05, 4.69) is 14.9 Å². The lowest BCUT2D eigenvalue weighted by Crippen LogP contribution is -2.31. The van der Waals surface area contributed by atoms with Crippen LogP contribution in [-0.2, 0) is 6.54 Å². The van der Waals surface area contributed by atoms with Crippen molar-refractivity contribution in [3.05, 3.63) is 96.4 Å². The Morgan fingerprint density at radius 2 is 1.69 bits per heavy atom. The molecule has 2 heterocycles. The van der Waals surface area contributed by atoms with E-state index < -0.39 is 0 Å². The molecule has 0 spiro atoms. The van der Waals surface area contributed by atoms with E-state index in [1.54, 1.807) is 0 Å². The molecule has 0 unspecified atom stereocenters. The average Bonchev–Trinajstić information content (AvgIpc) is 3.35. The van der Waals surface area contributed by atoms with E-state index in [4.69, 9.17) is 0 Å². The highest BCUT2D eigenvalue weighted by Gasteiger charge is 2.23. The summed E-state index contributed by atoms with van der Waals surface area (Å²) in [5.74, 6) is 0.0844. The first-order valence-corrected chi connectivity index (χ1v) is 8.82. The second-order valence-electron chi connectivity index (χ2n) is 6.33. The van der Waals surface area contributed by atoms with Crippen molar-refractivity contribution >= 4 is 16.7 Å². The van der Waals surface area contributed by atoms with E-state index in [0.717, 1.165) is 28.6 Å². The molecule has 0 amide bonds. The minimum absolute atomic E-state index is 0.0844. The van der Waals surface area contributed by atoms with Crippen molar-refractivity contribution in [1.82, 2.24) is 14.9 Å². The fraction of sp³-hybridized carbons (Fsp3) is 0.136. The third-order valence-electron chi connectivity index (χ3n) is 4.63. The van der Waals surface area contributed by atoms with E-state index in [0.29, 0.717) is 6.54 Å². The van der Waals surface area contributed by atoms with E-state index >= 15 is 0 Å². The summed E-state index contributed by atoms with van der Waals surface area (Å²) in [4.78, 5) is 16.5. The van der Waals surface area contributed by atoms with Crippen LogP contribution in [0.3, 0.4) is 0 Å². The van der Waals surface area contributed by atoms with E-state index in [1.165, 1.54) is 0 Å². The molecule has 0 aliphatic heterocycles. The van der Waals surface area contributed by atoms with Crippen molar-refractivity contribution in [2.24, 2.45) is 0 Å². The first kappa shape index (κ1) is 16.4. The SMILES string of the molecule is O=C(c1c[nH]c2ccccc12)[C@@H](NCCn1cccc1)c1ccccc1. The van der Waals surface area contributed by atoms with Gasteiger partial charge in [-0.15, -0.1) is 0 Å². The number of hydrogen-bond donors (Lipinski definition) is 2. The second kappa shape index (κ2) is 7.42. The summed E-state index contributed by atoms with van der Waals surface area (Å²) in [5, 5.41) is 4.41. The predicted molar refractivity (Wildman–Crippen MR) is 104 cm³/mol. The Kier molecular flexibility index (Phi) is 4.67. The number of hydrogen-bond acceptors (Lipinski definition) is 2. The minimum Gasteiger partial charge on any atom is -0.360 e. The number of aromatic amines is 1. The van der Waals surface area contributed by atoms with Crippen LogP contribution in [0, 0.1) is 0 Å². The van der Waals surface area contributed by atoms with Gasteiger partial charge in [-0.1, -0.05) is 48.5 Å². The standard InChI is InChI=1S/C22H21N3O/c26-22(19-16-24-20-11-5-4-10-18(19)20)21(17-8-2-1-3-9-17)23-12-15-25-13-6-7-14-25/h1-11,13-14,16,21,23-24H,12,15H2/t21-/m0/s1. The lowest BCUT2D eigenvalue weighted by Gasteiger charge is -2.18. The predicted octanol–water partition coefficient (Wildman–Crippen LogP) is 4.18. The largest absolute Gasteiger partial charge is 0.360 e. The van der Waals surface area contributed by atoms with Gasteiger partial charge in [-0.2, -0.15) is 0 Å². The van der Waals surface area contributed by atoms with Gasteiger partial charge in [0.15, 0.2) is 5.78 Å². The summed E-state index contributed by atoms with van der Waals surface area (Å²) in [7, 11) is 0. The molecule has 130 valence electrons. The quantitative estimate of drug-likeness (QED) is 0.495. The molecule has 4 aromatic rings. The number of nitrogens with one attached hydrogen (secondary N) is 2. The molecule has 2 N–H and O–H groups in total. The van der Waals surface area contributed by atoms with Crippen LogP contribution in [0.1, 0.15) is 22.0 Å². The maximum Gasteiger partial charge on any atom is 0.186 e. The molecule has 4 nitrogen and oxygen atoms in total. The Morgan fingerprint density at radius 3 is 2.50 bits per heavy atom. The Bertz CT molecular complexity index is 987. The van der Waals surface area contributed by atoms with Crippen LogP contribution >= 0.6 is 0 Å². The van der Waals surface area contributed by atoms with Crippen molar-refractivity contribution in [2.75, 3.05) is 6.54 Å². The first-order chi connectivity index (χ1) is 12.8. The fourth-order valence-electron chi connectivity index (χ4n) is 3.30. The maximum atomic E-state index is 13.3. The number of para-hydroxylation sites is 1. The van der Waals surface area contributed by atoms with Gasteiger partial charge >= 0.3 is 0 Å². The molecule has 0 radical (unpaired) electrons. The molecule has 0 bridgehead atoms. The molecular weight excluding hydrogens is 322 g/mol. The van der Waals surface area contributed by atoms with E-state index in [9.17, 15) is 4.79 Å². The molecule has 2 aromatic carbocycles. The molecule has 26 heavy (non-hydrogen) atoms. The number of Topliss-reactive ketones (excluding diaryl/α,β-unsaturated/α-hetero) is 1. The summed E-state index contributed by atoms with van der Waals surface area (Å²) in [5.41, 5.74) is 2.69. The zero-order valence-corrected chi connectivity index (χ0v) is 14.4. The third-order valence-corrected chi connectivity index (χ3v) is 4.63. The van der Waals surface area contributed by atoms with Crippen molar-refractivity contribution in [2.45, 2.75) is 12.6 Å². The van der Waals surface area contributed by atoms with Gasteiger partial charge in [-0.25, -0.2) is 0 Å². The van der Waals surface area contributed by atoms with E-state index in [1.807, 2.05) is 85.3 Å².